The molecular formula is C10H15N3O3. The van der Waals surface area contributed by atoms with E-state index in [1.165, 1.54) is 19.2 Å². The molecule has 6 nitrogen and oxygen atoms in total. The van der Waals surface area contributed by atoms with Gasteiger partial charge in [0, 0.05) is 25.7 Å². The second-order valence-corrected chi connectivity index (χ2v) is 3.38. The molecule has 1 heterocycles. The number of methoxy groups -OCH3 is 1. The number of anilines is 1. The van der Waals surface area contributed by atoms with E-state index in [1.807, 2.05) is 6.92 Å². The highest BCUT2D eigenvalue weighted by molar-refractivity contribution is 5.58. The van der Waals surface area contributed by atoms with E-state index in [9.17, 15) is 10.1 Å². The molecule has 0 radical (unpaired) electrons. The van der Waals surface area contributed by atoms with Gasteiger partial charge in [-0.3, -0.25) is 10.1 Å². The smallest absolute Gasteiger partial charge is 0.311 e. The molecule has 0 saturated heterocycles. The van der Waals surface area contributed by atoms with Crippen LogP contribution in [0.4, 0.5) is 11.5 Å². The van der Waals surface area contributed by atoms with E-state index in [0.717, 1.165) is 6.42 Å². The molecule has 0 atom stereocenters. The minimum Gasteiger partial charge on any atom is -0.481 e. The van der Waals surface area contributed by atoms with Gasteiger partial charge in [-0.25, -0.2) is 0 Å². The van der Waals surface area contributed by atoms with Crippen molar-refractivity contribution in [1.82, 2.24) is 4.98 Å². The van der Waals surface area contributed by atoms with Crippen LogP contribution in [0.25, 0.3) is 0 Å². The molecule has 0 N–H and O–H groups in total. The van der Waals surface area contributed by atoms with Crippen LogP contribution in [0.2, 0.25) is 0 Å². The Bertz CT molecular complexity index is 382. The molecule has 6 heteroatoms. The molecule has 0 fully saturated rings. The highest BCUT2D eigenvalue weighted by Crippen LogP contribution is 2.27. The van der Waals surface area contributed by atoms with E-state index in [0.29, 0.717) is 18.2 Å². The molecule has 0 aromatic carbocycles. The highest BCUT2D eigenvalue weighted by Gasteiger charge is 2.19. The van der Waals surface area contributed by atoms with E-state index < -0.39 is 4.92 Å². The lowest BCUT2D eigenvalue weighted by molar-refractivity contribution is -0.384. The van der Waals surface area contributed by atoms with Crippen LogP contribution < -0.4 is 9.64 Å². The van der Waals surface area contributed by atoms with Crippen LogP contribution in [-0.4, -0.2) is 30.6 Å². The molecule has 16 heavy (non-hydrogen) atoms. The van der Waals surface area contributed by atoms with Crippen molar-refractivity contribution >= 4 is 11.5 Å². The predicted molar refractivity (Wildman–Crippen MR) is 61.0 cm³/mol. The second-order valence-electron chi connectivity index (χ2n) is 3.38. The molecule has 0 aliphatic carbocycles. The summed E-state index contributed by atoms with van der Waals surface area (Å²) < 4.78 is 4.96. The van der Waals surface area contributed by atoms with Crippen molar-refractivity contribution in [1.29, 1.82) is 0 Å². The van der Waals surface area contributed by atoms with Gasteiger partial charge in [-0.1, -0.05) is 6.92 Å². The van der Waals surface area contributed by atoms with Crippen molar-refractivity contribution in [3.63, 3.8) is 0 Å². The van der Waals surface area contributed by atoms with Crippen molar-refractivity contribution in [2.45, 2.75) is 13.3 Å². The van der Waals surface area contributed by atoms with E-state index in [2.05, 4.69) is 4.98 Å². The van der Waals surface area contributed by atoms with Crippen molar-refractivity contribution in [3.05, 3.63) is 22.2 Å². The van der Waals surface area contributed by atoms with Crippen molar-refractivity contribution in [2.24, 2.45) is 0 Å². The van der Waals surface area contributed by atoms with Crippen LogP contribution in [0, 0.1) is 10.1 Å². The fourth-order valence-corrected chi connectivity index (χ4v) is 1.40. The monoisotopic (exact) mass is 225 g/mol. The van der Waals surface area contributed by atoms with Gasteiger partial charge in [-0.15, -0.1) is 0 Å². The summed E-state index contributed by atoms with van der Waals surface area (Å²) in [7, 11) is 3.26. The molecule has 0 bridgehead atoms. The number of aromatic nitrogens is 1. The first-order valence-electron chi connectivity index (χ1n) is 5.00. The summed E-state index contributed by atoms with van der Waals surface area (Å²) in [4.78, 5) is 16.2. The fourth-order valence-electron chi connectivity index (χ4n) is 1.40. The summed E-state index contributed by atoms with van der Waals surface area (Å²) in [5, 5.41) is 10.8. The molecule has 1 aromatic heterocycles. The molecule has 1 rings (SSSR count). The maximum absolute atomic E-state index is 10.8. The summed E-state index contributed by atoms with van der Waals surface area (Å²) in [6.45, 7) is 2.71. The molecule has 0 saturated carbocycles. The third-order valence-electron chi connectivity index (χ3n) is 2.16. The molecule has 0 unspecified atom stereocenters. The first kappa shape index (κ1) is 12.2. The van der Waals surface area contributed by atoms with Crippen molar-refractivity contribution in [2.75, 3.05) is 25.6 Å². The zero-order chi connectivity index (χ0) is 12.1. The number of pyridine rings is 1. The first-order chi connectivity index (χ1) is 7.60. The van der Waals surface area contributed by atoms with Crippen LogP contribution in [0.15, 0.2) is 12.1 Å². The Morgan fingerprint density at radius 2 is 2.25 bits per heavy atom. The Morgan fingerprint density at radius 1 is 1.56 bits per heavy atom. The van der Waals surface area contributed by atoms with Gasteiger partial charge in [0.05, 0.1) is 12.0 Å². The van der Waals surface area contributed by atoms with Crippen LogP contribution in [0.3, 0.4) is 0 Å². The van der Waals surface area contributed by atoms with Gasteiger partial charge in [0.2, 0.25) is 11.7 Å². The van der Waals surface area contributed by atoms with Gasteiger partial charge in [0.25, 0.3) is 0 Å². The third-order valence-corrected chi connectivity index (χ3v) is 2.16. The average molecular weight is 225 g/mol. The van der Waals surface area contributed by atoms with Gasteiger partial charge in [-0.2, -0.15) is 4.98 Å². The Balaban J connectivity index is 3.14. The van der Waals surface area contributed by atoms with Crippen molar-refractivity contribution < 1.29 is 9.66 Å². The zero-order valence-electron chi connectivity index (χ0n) is 9.64. The molecule has 0 amide bonds. The Morgan fingerprint density at radius 3 is 2.75 bits per heavy atom. The highest BCUT2D eigenvalue weighted by atomic mass is 16.6. The lowest BCUT2D eigenvalue weighted by atomic mass is 10.3. The summed E-state index contributed by atoms with van der Waals surface area (Å²) in [5.74, 6) is 0.717. The second kappa shape index (κ2) is 5.29. The minimum atomic E-state index is -0.437. The summed E-state index contributed by atoms with van der Waals surface area (Å²) >= 11 is 0. The SMILES string of the molecule is CCCN(C)c1nc(OC)ccc1[N+](=O)[O-]. The average Bonchev–Trinajstić information content (AvgIpc) is 2.28. The molecule has 0 spiro atoms. The predicted octanol–water partition coefficient (Wildman–Crippen LogP) is 1.84. The van der Waals surface area contributed by atoms with Crippen LogP contribution in [0.5, 0.6) is 5.88 Å². The summed E-state index contributed by atoms with van der Waals surface area (Å²) in [5.41, 5.74) is -0.00301. The lowest BCUT2D eigenvalue weighted by Crippen LogP contribution is -2.20. The largest absolute Gasteiger partial charge is 0.481 e. The number of hydrogen-bond donors (Lipinski definition) is 0. The third kappa shape index (κ3) is 2.59. The Hall–Kier alpha value is -1.85. The number of nitrogens with zero attached hydrogens (tertiary/aromatic N) is 3. The molecule has 88 valence electrons. The number of ether oxygens (including phenoxy) is 1. The van der Waals surface area contributed by atoms with Crippen molar-refractivity contribution in [3.8, 4) is 5.88 Å². The topological polar surface area (TPSA) is 68.5 Å². The first-order valence-corrected chi connectivity index (χ1v) is 5.00. The van der Waals surface area contributed by atoms with Gasteiger partial charge in [0.15, 0.2) is 0 Å². The standard InChI is InChI=1S/C10H15N3O3/c1-4-7-12(2)10-8(13(14)15)5-6-9(11-10)16-3/h5-6H,4,7H2,1-3H3. The fraction of sp³-hybridized carbons (Fsp3) is 0.500. The molecule has 0 aliphatic heterocycles. The summed E-state index contributed by atoms with van der Waals surface area (Å²) in [6.07, 6.45) is 0.895. The van der Waals surface area contributed by atoms with Crippen LogP contribution >= 0.6 is 0 Å². The Kier molecular flexibility index (Phi) is 4.04. The maximum atomic E-state index is 10.8. The number of nitro groups is 1. The van der Waals surface area contributed by atoms with E-state index in [-0.39, 0.29) is 5.69 Å². The van der Waals surface area contributed by atoms with E-state index in [1.54, 1.807) is 11.9 Å². The Labute approximate surface area is 94.0 Å². The lowest BCUT2D eigenvalue weighted by Gasteiger charge is -2.17. The van der Waals surface area contributed by atoms with E-state index in [4.69, 9.17) is 4.74 Å². The summed E-state index contributed by atoms with van der Waals surface area (Å²) in [6, 6.07) is 2.90. The van der Waals surface area contributed by atoms with Gasteiger partial charge < -0.3 is 9.64 Å². The number of hydrogen-bond acceptors (Lipinski definition) is 5. The van der Waals surface area contributed by atoms with Gasteiger partial charge in [-0.05, 0) is 6.42 Å². The molecule has 1 aromatic rings. The van der Waals surface area contributed by atoms with Gasteiger partial charge in [0.1, 0.15) is 0 Å². The number of rotatable bonds is 5. The van der Waals surface area contributed by atoms with Crippen LogP contribution in [-0.2, 0) is 0 Å². The zero-order valence-corrected chi connectivity index (χ0v) is 9.64. The van der Waals surface area contributed by atoms with Gasteiger partial charge >= 0.3 is 5.69 Å². The normalized spacial score (nSPS) is 9.94. The molecule has 0 aliphatic rings. The minimum absolute atomic E-state index is 0.00301. The quantitative estimate of drug-likeness (QED) is 0.565. The van der Waals surface area contributed by atoms with E-state index >= 15 is 0 Å². The van der Waals surface area contributed by atoms with Crippen LogP contribution in [0.1, 0.15) is 13.3 Å². The molecular weight excluding hydrogens is 210 g/mol. The maximum Gasteiger partial charge on any atom is 0.311 e.